The van der Waals surface area contributed by atoms with Gasteiger partial charge in [-0.3, -0.25) is 5.32 Å². The molecule has 0 aliphatic carbocycles. The number of benzene rings is 1. The molecule has 0 aliphatic heterocycles. The van der Waals surface area contributed by atoms with Crippen molar-refractivity contribution in [2.75, 3.05) is 5.32 Å². The molecule has 0 aromatic heterocycles. The van der Waals surface area contributed by atoms with Gasteiger partial charge in [0.05, 0.1) is 0 Å². The van der Waals surface area contributed by atoms with Crippen LogP contribution in [0.2, 0.25) is 5.02 Å². The zero-order valence-corrected chi connectivity index (χ0v) is 12.2. The van der Waals surface area contributed by atoms with E-state index in [1.54, 1.807) is 6.07 Å². The number of carbonyl (C=O) groups excluding carboxylic acids is 1. The van der Waals surface area contributed by atoms with Crippen molar-refractivity contribution in [2.24, 2.45) is 0 Å². The Labute approximate surface area is 114 Å². The van der Waals surface area contributed by atoms with Gasteiger partial charge in [0.2, 0.25) is 0 Å². The minimum atomic E-state index is -0.504. The molecule has 1 aromatic rings. The van der Waals surface area contributed by atoms with Crippen molar-refractivity contribution in [2.45, 2.75) is 26.4 Å². The van der Waals surface area contributed by atoms with Crippen LogP contribution in [0.25, 0.3) is 0 Å². The summed E-state index contributed by atoms with van der Waals surface area (Å²) in [7, 11) is 0. The molecule has 1 amide bonds. The fourth-order valence-electron chi connectivity index (χ4n) is 1.05. The Balaban J connectivity index is 2.70. The first-order valence-electron chi connectivity index (χ1n) is 4.72. The third kappa shape index (κ3) is 5.03. The molecule has 5 heteroatoms. The van der Waals surface area contributed by atoms with E-state index in [2.05, 4.69) is 27.9 Å². The standard InChI is InChI=1S/C11H13ClINO2/c1-11(2,3)16-10(15)14-9-5-7(12)4-8(13)6-9/h4-6H,1-3H3,(H,14,15). The lowest BCUT2D eigenvalue weighted by Gasteiger charge is -2.19. The van der Waals surface area contributed by atoms with Gasteiger partial charge in [0.1, 0.15) is 5.60 Å². The Morgan fingerprint density at radius 3 is 2.50 bits per heavy atom. The Morgan fingerprint density at radius 1 is 1.38 bits per heavy atom. The van der Waals surface area contributed by atoms with Crippen molar-refractivity contribution >= 4 is 46.0 Å². The summed E-state index contributed by atoms with van der Waals surface area (Å²) in [6.07, 6.45) is -0.481. The number of hydrogen-bond donors (Lipinski definition) is 1. The molecule has 0 atom stereocenters. The highest BCUT2D eigenvalue weighted by atomic mass is 127. The molecule has 0 radical (unpaired) electrons. The van der Waals surface area contributed by atoms with Crippen LogP contribution in [0.4, 0.5) is 10.5 Å². The highest BCUT2D eigenvalue weighted by molar-refractivity contribution is 14.1. The van der Waals surface area contributed by atoms with Crippen molar-refractivity contribution in [1.29, 1.82) is 0 Å². The zero-order chi connectivity index (χ0) is 12.3. The average molecular weight is 354 g/mol. The summed E-state index contributed by atoms with van der Waals surface area (Å²) < 4.78 is 6.08. The van der Waals surface area contributed by atoms with Crippen LogP contribution in [-0.4, -0.2) is 11.7 Å². The van der Waals surface area contributed by atoms with Crippen molar-refractivity contribution in [3.05, 3.63) is 26.8 Å². The largest absolute Gasteiger partial charge is 0.444 e. The summed E-state index contributed by atoms with van der Waals surface area (Å²) in [6.45, 7) is 5.44. The topological polar surface area (TPSA) is 38.3 Å². The molecule has 0 unspecified atom stereocenters. The number of nitrogens with one attached hydrogen (secondary N) is 1. The van der Waals surface area contributed by atoms with Gasteiger partial charge in [-0.2, -0.15) is 0 Å². The van der Waals surface area contributed by atoms with Crippen LogP contribution >= 0.6 is 34.2 Å². The minimum Gasteiger partial charge on any atom is -0.444 e. The number of halogens is 2. The normalized spacial score (nSPS) is 11.1. The molecular weight excluding hydrogens is 340 g/mol. The van der Waals surface area contributed by atoms with Crippen molar-refractivity contribution in [1.82, 2.24) is 0 Å². The smallest absolute Gasteiger partial charge is 0.412 e. The van der Waals surface area contributed by atoms with E-state index >= 15 is 0 Å². The Morgan fingerprint density at radius 2 is 2.00 bits per heavy atom. The van der Waals surface area contributed by atoms with Crippen LogP contribution in [0.1, 0.15) is 20.8 Å². The Hall–Kier alpha value is -0.490. The van der Waals surface area contributed by atoms with E-state index in [1.807, 2.05) is 32.9 Å². The number of amides is 1. The maximum Gasteiger partial charge on any atom is 0.412 e. The van der Waals surface area contributed by atoms with Crippen LogP contribution in [0.15, 0.2) is 18.2 Å². The van der Waals surface area contributed by atoms with Crippen LogP contribution in [0.3, 0.4) is 0 Å². The molecule has 3 nitrogen and oxygen atoms in total. The lowest BCUT2D eigenvalue weighted by atomic mass is 10.2. The third-order valence-corrected chi connectivity index (χ3v) is 2.35. The molecule has 88 valence electrons. The first-order chi connectivity index (χ1) is 7.26. The van der Waals surface area contributed by atoms with Crippen LogP contribution < -0.4 is 5.32 Å². The zero-order valence-electron chi connectivity index (χ0n) is 9.30. The number of ether oxygens (including phenoxy) is 1. The molecule has 0 bridgehead atoms. The molecule has 1 aromatic carbocycles. The molecule has 0 heterocycles. The van der Waals surface area contributed by atoms with E-state index in [0.717, 1.165) is 3.57 Å². The third-order valence-electron chi connectivity index (χ3n) is 1.51. The number of carbonyl (C=O) groups is 1. The van der Waals surface area contributed by atoms with Gasteiger partial charge in [-0.25, -0.2) is 4.79 Å². The monoisotopic (exact) mass is 353 g/mol. The second kappa shape index (κ2) is 5.23. The molecule has 0 saturated heterocycles. The van der Waals surface area contributed by atoms with Gasteiger partial charge in [-0.15, -0.1) is 0 Å². The number of rotatable bonds is 1. The van der Waals surface area contributed by atoms with Gasteiger partial charge in [-0.1, -0.05) is 11.6 Å². The van der Waals surface area contributed by atoms with Gasteiger partial charge in [0.15, 0.2) is 0 Å². The highest BCUT2D eigenvalue weighted by Crippen LogP contribution is 2.21. The Kier molecular flexibility index (Phi) is 4.43. The van der Waals surface area contributed by atoms with Crippen molar-refractivity contribution in [3.8, 4) is 0 Å². The molecule has 1 rings (SSSR count). The molecule has 16 heavy (non-hydrogen) atoms. The first kappa shape index (κ1) is 13.6. The number of anilines is 1. The molecule has 0 aliphatic rings. The predicted octanol–water partition coefficient (Wildman–Crippen LogP) is 4.29. The van der Waals surface area contributed by atoms with E-state index in [1.165, 1.54) is 0 Å². The lowest BCUT2D eigenvalue weighted by Crippen LogP contribution is -2.27. The van der Waals surface area contributed by atoms with Gasteiger partial charge >= 0.3 is 6.09 Å². The SMILES string of the molecule is CC(C)(C)OC(=O)Nc1cc(Cl)cc(I)c1. The molecule has 0 saturated carbocycles. The first-order valence-corrected chi connectivity index (χ1v) is 6.18. The molecule has 0 fully saturated rings. The maximum atomic E-state index is 11.5. The van der Waals surface area contributed by atoms with Gasteiger partial charge in [0, 0.05) is 14.3 Å². The van der Waals surface area contributed by atoms with Gasteiger partial charge in [-0.05, 0) is 61.6 Å². The molecule has 0 spiro atoms. The second-order valence-electron chi connectivity index (χ2n) is 4.29. The van der Waals surface area contributed by atoms with Crippen molar-refractivity contribution < 1.29 is 9.53 Å². The van der Waals surface area contributed by atoms with E-state index in [-0.39, 0.29) is 0 Å². The second-order valence-corrected chi connectivity index (χ2v) is 5.97. The lowest BCUT2D eigenvalue weighted by molar-refractivity contribution is 0.0636. The summed E-state index contributed by atoms with van der Waals surface area (Å²) >= 11 is 8.00. The average Bonchev–Trinajstić information content (AvgIpc) is 1.96. The quantitative estimate of drug-likeness (QED) is 0.765. The summed E-state index contributed by atoms with van der Waals surface area (Å²) in [5.41, 5.74) is 0.127. The summed E-state index contributed by atoms with van der Waals surface area (Å²) in [5, 5.41) is 3.21. The summed E-state index contributed by atoms with van der Waals surface area (Å²) in [5.74, 6) is 0. The van der Waals surface area contributed by atoms with Crippen molar-refractivity contribution in [3.63, 3.8) is 0 Å². The minimum absolute atomic E-state index is 0.481. The summed E-state index contributed by atoms with van der Waals surface area (Å²) in [6, 6.07) is 5.30. The maximum absolute atomic E-state index is 11.5. The fraction of sp³-hybridized carbons (Fsp3) is 0.364. The highest BCUT2D eigenvalue weighted by Gasteiger charge is 2.16. The van der Waals surface area contributed by atoms with Gasteiger partial charge in [0.25, 0.3) is 0 Å². The predicted molar refractivity (Wildman–Crippen MR) is 74.0 cm³/mol. The van der Waals surface area contributed by atoms with Crippen LogP contribution in [0, 0.1) is 3.57 Å². The Bertz CT molecular complexity index is 381. The van der Waals surface area contributed by atoms with Crippen LogP contribution in [-0.2, 0) is 4.74 Å². The van der Waals surface area contributed by atoms with E-state index in [0.29, 0.717) is 10.7 Å². The van der Waals surface area contributed by atoms with E-state index in [9.17, 15) is 4.79 Å². The number of hydrogen-bond acceptors (Lipinski definition) is 2. The molecular formula is C11H13ClINO2. The van der Waals surface area contributed by atoms with E-state index in [4.69, 9.17) is 16.3 Å². The summed E-state index contributed by atoms with van der Waals surface area (Å²) in [4.78, 5) is 11.5. The fourth-order valence-corrected chi connectivity index (χ4v) is 2.14. The van der Waals surface area contributed by atoms with E-state index < -0.39 is 11.7 Å². The van der Waals surface area contributed by atoms with Crippen LogP contribution in [0.5, 0.6) is 0 Å². The molecule has 1 N–H and O–H groups in total. The van der Waals surface area contributed by atoms with Gasteiger partial charge < -0.3 is 4.74 Å².